The van der Waals surface area contributed by atoms with E-state index in [2.05, 4.69) is 5.32 Å². The van der Waals surface area contributed by atoms with Crippen molar-refractivity contribution in [1.82, 2.24) is 5.32 Å². The molecule has 0 bridgehead atoms. The SMILES string of the molecule is Cc1ccc(C)c(OCC(O)CNCCOCC(F)F)c1. The first-order chi connectivity index (χ1) is 9.99. The minimum absolute atomic E-state index is 0.176. The van der Waals surface area contributed by atoms with Crippen LogP contribution in [0.15, 0.2) is 18.2 Å². The Morgan fingerprint density at radius 1 is 1.24 bits per heavy atom. The summed E-state index contributed by atoms with van der Waals surface area (Å²) in [6.07, 6.45) is -3.11. The third kappa shape index (κ3) is 7.94. The van der Waals surface area contributed by atoms with Crippen LogP contribution in [0.4, 0.5) is 8.78 Å². The monoisotopic (exact) mass is 303 g/mol. The van der Waals surface area contributed by atoms with Crippen molar-refractivity contribution in [3.05, 3.63) is 29.3 Å². The average Bonchev–Trinajstić information content (AvgIpc) is 2.43. The third-order valence-electron chi connectivity index (χ3n) is 2.82. The number of hydrogen-bond acceptors (Lipinski definition) is 4. The lowest BCUT2D eigenvalue weighted by Gasteiger charge is -2.15. The second-order valence-electron chi connectivity index (χ2n) is 4.90. The van der Waals surface area contributed by atoms with Gasteiger partial charge in [0.2, 0.25) is 0 Å². The molecule has 0 aromatic heterocycles. The highest BCUT2D eigenvalue weighted by Crippen LogP contribution is 2.19. The number of aryl methyl sites for hydroxylation is 2. The minimum atomic E-state index is -2.44. The molecule has 21 heavy (non-hydrogen) atoms. The Hall–Kier alpha value is -1.24. The van der Waals surface area contributed by atoms with Crippen LogP contribution >= 0.6 is 0 Å². The Morgan fingerprint density at radius 3 is 2.71 bits per heavy atom. The van der Waals surface area contributed by atoms with Crippen LogP contribution in [-0.2, 0) is 4.74 Å². The highest BCUT2D eigenvalue weighted by molar-refractivity contribution is 5.35. The number of aliphatic hydroxyl groups excluding tert-OH is 1. The van der Waals surface area contributed by atoms with Gasteiger partial charge in [-0.2, -0.15) is 0 Å². The fourth-order valence-corrected chi connectivity index (χ4v) is 1.69. The summed E-state index contributed by atoms with van der Waals surface area (Å²) < 4.78 is 33.9. The van der Waals surface area contributed by atoms with Gasteiger partial charge in [0.1, 0.15) is 25.1 Å². The Balaban J connectivity index is 2.13. The molecule has 1 atom stereocenters. The van der Waals surface area contributed by atoms with E-state index in [9.17, 15) is 13.9 Å². The first-order valence-electron chi connectivity index (χ1n) is 6.93. The lowest BCUT2D eigenvalue weighted by atomic mass is 10.1. The lowest BCUT2D eigenvalue weighted by Crippen LogP contribution is -2.33. The molecule has 0 saturated heterocycles. The first-order valence-corrected chi connectivity index (χ1v) is 6.93. The number of hydrogen-bond donors (Lipinski definition) is 2. The second kappa shape index (κ2) is 9.65. The molecule has 0 aliphatic carbocycles. The molecule has 0 saturated carbocycles. The van der Waals surface area contributed by atoms with Gasteiger partial charge in [-0.05, 0) is 31.0 Å². The lowest BCUT2D eigenvalue weighted by molar-refractivity contribution is 0.0177. The van der Waals surface area contributed by atoms with Crippen LogP contribution in [0, 0.1) is 13.8 Å². The quantitative estimate of drug-likeness (QED) is 0.648. The van der Waals surface area contributed by atoms with Crippen molar-refractivity contribution in [2.45, 2.75) is 26.4 Å². The molecule has 1 aromatic carbocycles. The van der Waals surface area contributed by atoms with E-state index >= 15 is 0 Å². The van der Waals surface area contributed by atoms with Crippen molar-refractivity contribution in [1.29, 1.82) is 0 Å². The zero-order chi connectivity index (χ0) is 15.7. The van der Waals surface area contributed by atoms with Crippen molar-refractivity contribution >= 4 is 0 Å². The Morgan fingerprint density at radius 2 is 2.00 bits per heavy atom. The van der Waals surface area contributed by atoms with Gasteiger partial charge in [0.25, 0.3) is 6.43 Å². The average molecular weight is 303 g/mol. The number of nitrogens with one attached hydrogen (secondary N) is 1. The molecular weight excluding hydrogens is 280 g/mol. The minimum Gasteiger partial charge on any atom is -0.491 e. The highest BCUT2D eigenvalue weighted by Gasteiger charge is 2.07. The third-order valence-corrected chi connectivity index (χ3v) is 2.82. The summed E-state index contributed by atoms with van der Waals surface area (Å²) in [6.45, 7) is 4.46. The largest absolute Gasteiger partial charge is 0.491 e. The summed E-state index contributed by atoms with van der Waals surface area (Å²) >= 11 is 0. The molecule has 0 spiro atoms. The van der Waals surface area contributed by atoms with Gasteiger partial charge in [-0.3, -0.25) is 0 Å². The summed E-state index contributed by atoms with van der Waals surface area (Å²) in [7, 11) is 0. The second-order valence-corrected chi connectivity index (χ2v) is 4.90. The van der Waals surface area contributed by atoms with Crippen molar-refractivity contribution in [2.75, 3.05) is 32.9 Å². The molecule has 2 N–H and O–H groups in total. The number of halogens is 2. The zero-order valence-electron chi connectivity index (χ0n) is 12.4. The fourth-order valence-electron chi connectivity index (χ4n) is 1.69. The maximum absolute atomic E-state index is 11.8. The van der Waals surface area contributed by atoms with E-state index in [0.717, 1.165) is 16.9 Å². The van der Waals surface area contributed by atoms with Crippen LogP contribution in [0.25, 0.3) is 0 Å². The van der Waals surface area contributed by atoms with Gasteiger partial charge < -0.3 is 19.9 Å². The molecule has 120 valence electrons. The number of alkyl halides is 2. The summed E-state index contributed by atoms with van der Waals surface area (Å²) in [6, 6.07) is 5.89. The molecule has 1 rings (SSSR count). The van der Waals surface area contributed by atoms with E-state index < -0.39 is 19.1 Å². The topological polar surface area (TPSA) is 50.7 Å². The van der Waals surface area contributed by atoms with Gasteiger partial charge in [0, 0.05) is 13.1 Å². The van der Waals surface area contributed by atoms with E-state index in [1.54, 1.807) is 0 Å². The van der Waals surface area contributed by atoms with E-state index in [-0.39, 0.29) is 13.2 Å². The van der Waals surface area contributed by atoms with Crippen molar-refractivity contribution < 1.29 is 23.4 Å². The molecule has 1 unspecified atom stereocenters. The molecule has 0 heterocycles. The fraction of sp³-hybridized carbons (Fsp3) is 0.600. The molecule has 0 aliphatic rings. The standard InChI is InChI=1S/C15H23F2NO3/c1-11-3-4-12(2)14(7-11)21-9-13(19)8-18-5-6-20-10-15(16)17/h3-4,7,13,15,18-19H,5-6,8-10H2,1-2H3. The summed E-state index contributed by atoms with van der Waals surface area (Å²) in [4.78, 5) is 0. The molecule has 0 radical (unpaired) electrons. The van der Waals surface area contributed by atoms with E-state index in [4.69, 9.17) is 9.47 Å². The summed E-state index contributed by atoms with van der Waals surface area (Å²) in [5.74, 6) is 0.759. The molecule has 6 heteroatoms. The van der Waals surface area contributed by atoms with Gasteiger partial charge in [-0.15, -0.1) is 0 Å². The van der Waals surface area contributed by atoms with Crippen LogP contribution in [0.1, 0.15) is 11.1 Å². The molecular formula is C15H23F2NO3. The number of aliphatic hydroxyl groups is 1. The normalized spacial score (nSPS) is 12.7. The van der Waals surface area contributed by atoms with Gasteiger partial charge >= 0.3 is 0 Å². The Bertz CT molecular complexity index is 416. The highest BCUT2D eigenvalue weighted by atomic mass is 19.3. The molecule has 0 amide bonds. The van der Waals surface area contributed by atoms with Crippen molar-refractivity contribution in [2.24, 2.45) is 0 Å². The van der Waals surface area contributed by atoms with Gasteiger partial charge in [-0.1, -0.05) is 12.1 Å². The summed E-state index contributed by atoms with van der Waals surface area (Å²) in [5.41, 5.74) is 2.11. The van der Waals surface area contributed by atoms with Crippen molar-refractivity contribution in [3.63, 3.8) is 0 Å². The predicted molar refractivity (Wildman–Crippen MR) is 77.1 cm³/mol. The Kier molecular flexibility index (Phi) is 8.19. The maximum Gasteiger partial charge on any atom is 0.261 e. The van der Waals surface area contributed by atoms with Crippen molar-refractivity contribution in [3.8, 4) is 5.75 Å². The molecule has 0 fully saturated rings. The first kappa shape index (κ1) is 17.8. The van der Waals surface area contributed by atoms with E-state index in [0.29, 0.717) is 13.1 Å². The number of rotatable bonds is 10. The molecule has 1 aromatic rings. The van der Waals surface area contributed by atoms with Crippen LogP contribution in [-0.4, -0.2) is 50.5 Å². The maximum atomic E-state index is 11.8. The van der Waals surface area contributed by atoms with Crippen LogP contribution in [0.3, 0.4) is 0 Å². The van der Waals surface area contributed by atoms with Gasteiger partial charge in [0.15, 0.2) is 0 Å². The smallest absolute Gasteiger partial charge is 0.261 e. The van der Waals surface area contributed by atoms with Crippen LogP contribution in [0.5, 0.6) is 5.75 Å². The number of benzene rings is 1. The molecule has 0 aliphatic heterocycles. The predicted octanol–water partition coefficient (Wildman–Crippen LogP) is 1.91. The number of ether oxygens (including phenoxy) is 2. The summed E-state index contributed by atoms with van der Waals surface area (Å²) in [5, 5.41) is 12.7. The van der Waals surface area contributed by atoms with E-state index in [1.165, 1.54) is 0 Å². The van der Waals surface area contributed by atoms with E-state index in [1.807, 2.05) is 32.0 Å². The van der Waals surface area contributed by atoms with Gasteiger partial charge in [-0.25, -0.2) is 8.78 Å². The van der Waals surface area contributed by atoms with Gasteiger partial charge in [0.05, 0.1) is 6.61 Å². The zero-order valence-corrected chi connectivity index (χ0v) is 12.4. The van der Waals surface area contributed by atoms with Crippen LogP contribution < -0.4 is 10.1 Å². The Labute approximate surface area is 124 Å². The molecule has 4 nitrogen and oxygen atoms in total. The van der Waals surface area contributed by atoms with Crippen LogP contribution in [0.2, 0.25) is 0 Å².